The molecule has 1 fully saturated rings. The minimum absolute atomic E-state index is 0.0656. The largest absolute Gasteiger partial charge is 0.462 e. The van der Waals surface area contributed by atoms with Crippen molar-refractivity contribution in [1.82, 2.24) is 14.9 Å². The van der Waals surface area contributed by atoms with E-state index in [-0.39, 0.29) is 17.2 Å². The van der Waals surface area contributed by atoms with Gasteiger partial charge in [0.1, 0.15) is 5.56 Å². The lowest BCUT2D eigenvalue weighted by molar-refractivity contribution is 0.0522. The molecule has 0 radical (unpaired) electrons. The number of hydrogen-bond acceptors (Lipinski definition) is 5. The van der Waals surface area contributed by atoms with Crippen molar-refractivity contribution < 1.29 is 17.9 Å². The van der Waals surface area contributed by atoms with E-state index in [4.69, 9.17) is 4.74 Å². The number of carbonyl (C=O) groups is 1. The molecule has 1 aromatic rings. The van der Waals surface area contributed by atoms with Crippen LogP contribution in [0.3, 0.4) is 0 Å². The van der Waals surface area contributed by atoms with Gasteiger partial charge in [-0.1, -0.05) is 13.3 Å². The summed E-state index contributed by atoms with van der Waals surface area (Å²) in [7, 11) is -3.78. The summed E-state index contributed by atoms with van der Waals surface area (Å²) in [5, 5.41) is 5.78. The van der Waals surface area contributed by atoms with E-state index in [1.165, 1.54) is 6.20 Å². The molecule has 7 nitrogen and oxygen atoms in total. The van der Waals surface area contributed by atoms with Crippen LogP contribution in [0.2, 0.25) is 0 Å². The topological polar surface area (TPSA) is 101 Å². The summed E-state index contributed by atoms with van der Waals surface area (Å²) in [6, 6.07) is 0. The Balaban J connectivity index is 2.06. The summed E-state index contributed by atoms with van der Waals surface area (Å²) in [6.45, 7) is 4.39. The number of aromatic amines is 1. The Hall–Kier alpha value is -1.41. The molecule has 0 bridgehead atoms. The number of aromatic nitrogens is 2. The van der Waals surface area contributed by atoms with Gasteiger partial charge in [-0.25, -0.2) is 17.9 Å². The molecule has 0 spiro atoms. The van der Waals surface area contributed by atoms with Crippen molar-refractivity contribution in [2.75, 3.05) is 13.2 Å². The molecule has 1 aromatic heterocycles. The second-order valence-electron chi connectivity index (χ2n) is 5.47. The van der Waals surface area contributed by atoms with Crippen LogP contribution in [0.1, 0.15) is 43.5 Å². The Morgan fingerprint density at radius 2 is 2.29 bits per heavy atom. The van der Waals surface area contributed by atoms with Gasteiger partial charge in [-0.05, 0) is 31.6 Å². The van der Waals surface area contributed by atoms with Crippen LogP contribution in [0.5, 0.6) is 0 Å². The molecule has 1 heterocycles. The van der Waals surface area contributed by atoms with Gasteiger partial charge in [-0.15, -0.1) is 0 Å². The zero-order valence-corrected chi connectivity index (χ0v) is 13.1. The predicted molar refractivity (Wildman–Crippen MR) is 76.2 cm³/mol. The maximum atomic E-state index is 12.3. The maximum absolute atomic E-state index is 12.3. The Bertz CT molecular complexity index is 596. The van der Waals surface area contributed by atoms with Crippen LogP contribution in [-0.2, 0) is 14.8 Å². The fourth-order valence-electron chi connectivity index (χ4n) is 2.64. The Morgan fingerprint density at radius 1 is 1.52 bits per heavy atom. The van der Waals surface area contributed by atoms with Gasteiger partial charge < -0.3 is 4.74 Å². The van der Waals surface area contributed by atoms with E-state index in [9.17, 15) is 13.2 Å². The Labute approximate surface area is 124 Å². The van der Waals surface area contributed by atoms with Gasteiger partial charge in [0.25, 0.3) is 10.0 Å². The van der Waals surface area contributed by atoms with Gasteiger partial charge in [0.15, 0.2) is 5.03 Å². The zero-order chi connectivity index (χ0) is 15.5. The number of esters is 1. The molecular formula is C13H21N3O4S. The minimum atomic E-state index is -3.78. The minimum Gasteiger partial charge on any atom is -0.462 e. The average Bonchev–Trinajstić information content (AvgIpc) is 3.05. The third-order valence-corrected chi connectivity index (χ3v) is 5.13. The van der Waals surface area contributed by atoms with E-state index in [0.29, 0.717) is 18.4 Å². The quantitative estimate of drug-likeness (QED) is 0.771. The van der Waals surface area contributed by atoms with Gasteiger partial charge in [0.2, 0.25) is 0 Å². The van der Waals surface area contributed by atoms with Crippen molar-refractivity contribution in [3.05, 3.63) is 11.8 Å². The Kier molecular flexibility index (Phi) is 5.00. The van der Waals surface area contributed by atoms with Gasteiger partial charge in [0, 0.05) is 6.54 Å². The van der Waals surface area contributed by atoms with Gasteiger partial charge in [-0.2, -0.15) is 5.10 Å². The number of nitrogens with one attached hydrogen (secondary N) is 2. The molecule has 118 valence electrons. The zero-order valence-electron chi connectivity index (χ0n) is 12.3. The number of nitrogens with zero attached hydrogens (tertiary/aromatic N) is 1. The van der Waals surface area contributed by atoms with Crippen molar-refractivity contribution in [1.29, 1.82) is 0 Å². The molecule has 0 aliphatic heterocycles. The third-order valence-electron chi connectivity index (χ3n) is 3.73. The Morgan fingerprint density at radius 3 is 2.90 bits per heavy atom. The summed E-state index contributed by atoms with van der Waals surface area (Å²) in [5.41, 5.74) is -0.0656. The molecule has 8 heteroatoms. The van der Waals surface area contributed by atoms with Crippen LogP contribution >= 0.6 is 0 Å². The first-order valence-corrected chi connectivity index (χ1v) is 8.62. The van der Waals surface area contributed by atoms with Crippen LogP contribution in [-0.4, -0.2) is 37.7 Å². The number of sulfonamides is 1. The molecule has 1 saturated carbocycles. The van der Waals surface area contributed by atoms with Crippen molar-refractivity contribution in [2.24, 2.45) is 11.8 Å². The highest BCUT2D eigenvalue weighted by atomic mass is 32.2. The average molecular weight is 315 g/mol. The second-order valence-corrected chi connectivity index (χ2v) is 7.17. The smallest absolute Gasteiger partial charge is 0.342 e. The van der Waals surface area contributed by atoms with E-state index in [0.717, 1.165) is 19.3 Å². The molecular weight excluding hydrogens is 294 g/mol. The molecule has 1 aliphatic rings. The summed E-state index contributed by atoms with van der Waals surface area (Å²) >= 11 is 0. The van der Waals surface area contributed by atoms with Crippen LogP contribution in [0.25, 0.3) is 0 Å². The summed E-state index contributed by atoms with van der Waals surface area (Å²) in [6.07, 6.45) is 4.35. The van der Waals surface area contributed by atoms with Crippen LogP contribution < -0.4 is 4.72 Å². The molecule has 2 atom stereocenters. The summed E-state index contributed by atoms with van der Waals surface area (Å²) < 4.78 is 31.9. The van der Waals surface area contributed by atoms with E-state index in [1.54, 1.807) is 6.92 Å². The SMILES string of the molecule is CCOC(=O)c1cn[nH]c1S(=O)(=O)NCC1CCC(C)C1. The lowest BCUT2D eigenvalue weighted by Crippen LogP contribution is -2.30. The highest BCUT2D eigenvalue weighted by molar-refractivity contribution is 7.89. The fraction of sp³-hybridized carbons (Fsp3) is 0.692. The van der Waals surface area contributed by atoms with Crippen LogP contribution in [0.15, 0.2) is 11.2 Å². The van der Waals surface area contributed by atoms with Crippen molar-refractivity contribution >= 4 is 16.0 Å². The number of rotatable bonds is 6. The normalized spacial score (nSPS) is 22.4. The molecule has 2 unspecified atom stereocenters. The third kappa shape index (κ3) is 3.82. The van der Waals surface area contributed by atoms with Crippen molar-refractivity contribution in [2.45, 2.75) is 38.1 Å². The van der Waals surface area contributed by atoms with Crippen molar-refractivity contribution in [3.8, 4) is 0 Å². The predicted octanol–water partition coefficient (Wildman–Crippen LogP) is 1.30. The molecule has 2 N–H and O–H groups in total. The number of H-pyrrole nitrogens is 1. The first kappa shape index (κ1) is 16.0. The molecule has 1 aliphatic carbocycles. The molecule has 21 heavy (non-hydrogen) atoms. The molecule has 0 saturated heterocycles. The number of hydrogen-bond donors (Lipinski definition) is 2. The monoisotopic (exact) mass is 315 g/mol. The van der Waals surface area contributed by atoms with Crippen LogP contribution in [0, 0.1) is 11.8 Å². The standard InChI is InChI=1S/C13H21N3O4S/c1-3-20-13(17)11-8-14-16-12(11)21(18,19)15-7-10-5-4-9(2)6-10/h8-10,15H,3-7H2,1-2H3,(H,14,16). The van der Waals surface area contributed by atoms with Crippen LogP contribution in [0.4, 0.5) is 0 Å². The lowest BCUT2D eigenvalue weighted by Gasteiger charge is -2.11. The van der Waals surface area contributed by atoms with E-state index in [1.807, 2.05) is 0 Å². The maximum Gasteiger partial charge on any atom is 0.342 e. The highest BCUT2D eigenvalue weighted by Gasteiger charge is 2.28. The first-order chi connectivity index (χ1) is 9.94. The molecule has 0 aromatic carbocycles. The van der Waals surface area contributed by atoms with Gasteiger partial charge in [0.05, 0.1) is 12.8 Å². The molecule has 0 amide bonds. The number of ether oxygens (including phenoxy) is 1. The molecule has 2 rings (SSSR count). The van der Waals surface area contributed by atoms with E-state index >= 15 is 0 Å². The van der Waals surface area contributed by atoms with E-state index in [2.05, 4.69) is 21.8 Å². The van der Waals surface area contributed by atoms with Gasteiger partial charge >= 0.3 is 5.97 Å². The second kappa shape index (κ2) is 6.57. The van der Waals surface area contributed by atoms with Gasteiger partial charge in [-0.3, -0.25) is 5.10 Å². The summed E-state index contributed by atoms with van der Waals surface area (Å²) in [4.78, 5) is 11.7. The first-order valence-electron chi connectivity index (χ1n) is 7.14. The lowest BCUT2D eigenvalue weighted by atomic mass is 10.1. The fourth-order valence-corrected chi connectivity index (χ4v) is 3.84. The summed E-state index contributed by atoms with van der Waals surface area (Å²) in [5.74, 6) is 0.298. The highest BCUT2D eigenvalue weighted by Crippen LogP contribution is 2.29. The van der Waals surface area contributed by atoms with E-state index < -0.39 is 16.0 Å². The van der Waals surface area contributed by atoms with Crippen molar-refractivity contribution in [3.63, 3.8) is 0 Å². The number of carbonyl (C=O) groups excluding carboxylic acids is 1.